The zero-order valence-corrected chi connectivity index (χ0v) is 15.9. The molecule has 0 aliphatic rings. The molecule has 4 amide bonds. The quantitative estimate of drug-likeness (QED) is 0.743. The predicted octanol–water partition coefficient (Wildman–Crippen LogP) is 2.22. The molecule has 25 heavy (non-hydrogen) atoms. The van der Waals surface area contributed by atoms with Crippen LogP contribution in [-0.4, -0.2) is 47.9 Å². The second-order valence-corrected chi connectivity index (χ2v) is 7.28. The maximum Gasteiger partial charge on any atom is 0.321 e. The number of benzene rings is 1. The number of likely N-dealkylation sites (N-methyl/N-ethyl adjacent to an activating group) is 1. The Morgan fingerprint density at radius 2 is 1.88 bits per heavy atom. The summed E-state index contributed by atoms with van der Waals surface area (Å²) < 4.78 is 0. The SMILES string of the molecule is C[C@@H](C(=O)NC(=O)NC(C)(C)C)N(C)CC(=O)Nc1cccc(Cl)c1. The molecule has 0 unspecified atom stereocenters. The van der Waals surface area contributed by atoms with Crippen LogP contribution < -0.4 is 16.0 Å². The maximum absolute atomic E-state index is 12.1. The summed E-state index contributed by atoms with van der Waals surface area (Å²) in [7, 11) is 1.63. The highest BCUT2D eigenvalue weighted by Crippen LogP contribution is 2.14. The van der Waals surface area contributed by atoms with E-state index in [-0.39, 0.29) is 12.5 Å². The van der Waals surface area contributed by atoms with Gasteiger partial charge in [0.25, 0.3) is 0 Å². The molecule has 1 atom stereocenters. The van der Waals surface area contributed by atoms with Crippen molar-refractivity contribution in [2.45, 2.75) is 39.3 Å². The van der Waals surface area contributed by atoms with Gasteiger partial charge in [-0.2, -0.15) is 0 Å². The average Bonchev–Trinajstić information content (AvgIpc) is 2.43. The minimum Gasteiger partial charge on any atom is -0.333 e. The lowest BCUT2D eigenvalue weighted by Crippen LogP contribution is -2.53. The van der Waals surface area contributed by atoms with Gasteiger partial charge in [-0.1, -0.05) is 17.7 Å². The summed E-state index contributed by atoms with van der Waals surface area (Å²) in [5.74, 6) is -0.775. The first-order valence-corrected chi connectivity index (χ1v) is 8.24. The molecule has 3 N–H and O–H groups in total. The van der Waals surface area contributed by atoms with E-state index in [2.05, 4.69) is 16.0 Å². The summed E-state index contributed by atoms with van der Waals surface area (Å²) in [4.78, 5) is 37.4. The van der Waals surface area contributed by atoms with Gasteiger partial charge in [-0.25, -0.2) is 4.79 Å². The van der Waals surface area contributed by atoms with Gasteiger partial charge in [0, 0.05) is 16.2 Å². The number of carbonyl (C=O) groups excluding carboxylic acids is 3. The lowest BCUT2D eigenvalue weighted by atomic mass is 10.1. The van der Waals surface area contributed by atoms with Crippen molar-refractivity contribution in [3.05, 3.63) is 29.3 Å². The van der Waals surface area contributed by atoms with Crippen LogP contribution in [-0.2, 0) is 9.59 Å². The Hall–Kier alpha value is -2.12. The van der Waals surface area contributed by atoms with E-state index in [1.807, 2.05) is 20.8 Å². The fourth-order valence-corrected chi connectivity index (χ4v) is 2.11. The second-order valence-electron chi connectivity index (χ2n) is 6.84. The standard InChI is InChI=1S/C17H25ClN4O3/c1-11(15(24)20-16(25)21-17(2,3)4)22(5)10-14(23)19-13-8-6-7-12(18)9-13/h6-9,11H,10H2,1-5H3,(H,19,23)(H2,20,21,24,25)/t11-/m0/s1. The average molecular weight is 369 g/mol. The molecule has 0 bridgehead atoms. The molecule has 0 radical (unpaired) electrons. The van der Waals surface area contributed by atoms with Crippen LogP contribution in [0.3, 0.4) is 0 Å². The Balaban J connectivity index is 2.52. The molecule has 138 valence electrons. The number of anilines is 1. The molecule has 0 aliphatic carbocycles. The van der Waals surface area contributed by atoms with E-state index < -0.39 is 23.5 Å². The van der Waals surface area contributed by atoms with Crippen LogP contribution >= 0.6 is 11.6 Å². The van der Waals surface area contributed by atoms with Crippen LogP contribution in [0.2, 0.25) is 5.02 Å². The third-order valence-electron chi connectivity index (χ3n) is 3.27. The number of hydrogen-bond donors (Lipinski definition) is 3. The number of nitrogens with one attached hydrogen (secondary N) is 3. The third-order valence-corrected chi connectivity index (χ3v) is 3.50. The Bertz CT molecular complexity index is 643. The van der Waals surface area contributed by atoms with Crippen molar-refractivity contribution in [2.75, 3.05) is 18.9 Å². The van der Waals surface area contributed by atoms with Crippen LogP contribution in [0.4, 0.5) is 10.5 Å². The van der Waals surface area contributed by atoms with E-state index in [4.69, 9.17) is 11.6 Å². The van der Waals surface area contributed by atoms with Crippen molar-refractivity contribution >= 4 is 35.1 Å². The molecule has 0 fully saturated rings. The molecule has 0 heterocycles. The minimum atomic E-state index is -0.657. The normalized spacial score (nSPS) is 12.4. The number of nitrogens with zero attached hydrogens (tertiary/aromatic N) is 1. The fourth-order valence-electron chi connectivity index (χ4n) is 1.92. The Labute approximate surface area is 153 Å². The predicted molar refractivity (Wildman–Crippen MR) is 98.6 cm³/mol. The Morgan fingerprint density at radius 1 is 1.24 bits per heavy atom. The summed E-state index contributed by atoms with van der Waals surface area (Å²) in [6.07, 6.45) is 0. The van der Waals surface area contributed by atoms with E-state index in [1.165, 1.54) is 0 Å². The number of halogens is 1. The van der Waals surface area contributed by atoms with Crippen molar-refractivity contribution < 1.29 is 14.4 Å². The van der Waals surface area contributed by atoms with Crippen molar-refractivity contribution in [3.63, 3.8) is 0 Å². The summed E-state index contributed by atoms with van der Waals surface area (Å²) >= 11 is 5.87. The van der Waals surface area contributed by atoms with Gasteiger partial charge >= 0.3 is 6.03 Å². The molecular weight excluding hydrogens is 344 g/mol. The first-order chi connectivity index (χ1) is 11.5. The summed E-state index contributed by atoms with van der Waals surface area (Å²) in [6, 6.07) is 5.56. The van der Waals surface area contributed by atoms with E-state index in [0.717, 1.165) is 0 Å². The van der Waals surface area contributed by atoms with Crippen molar-refractivity contribution in [1.29, 1.82) is 0 Å². The molecule has 0 spiro atoms. The van der Waals surface area contributed by atoms with Gasteiger partial charge < -0.3 is 10.6 Å². The number of urea groups is 1. The molecule has 0 aliphatic heterocycles. The van der Waals surface area contributed by atoms with Gasteiger partial charge in [0.1, 0.15) is 0 Å². The zero-order valence-electron chi connectivity index (χ0n) is 15.1. The van der Waals surface area contributed by atoms with Gasteiger partial charge in [0.05, 0.1) is 12.6 Å². The number of imide groups is 1. The van der Waals surface area contributed by atoms with Gasteiger partial charge in [0.15, 0.2) is 0 Å². The topological polar surface area (TPSA) is 90.5 Å². The highest BCUT2D eigenvalue weighted by molar-refractivity contribution is 6.30. The summed E-state index contributed by atoms with van der Waals surface area (Å²) in [5.41, 5.74) is 0.128. The van der Waals surface area contributed by atoms with Crippen LogP contribution in [0.25, 0.3) is 0 Å². The molecule has 8 heteroatoms. The molecule has 1 aromatic rings. The molecule has 0 saturated carbocycles. The van der Waals surface area contributed by atoms with E-state index in [9.17, 15) is 14.4 Å². The van der Waals surface area contributed by atoms with Crippen LogP contribution in [0.1, 0.15) is 27.7 Å². The lowest BCUT2D eigenvalue weighted by molar-refractivity contribution is -0.125. The largest absolute Gasteiger partial charge is 0.333 e. The monoisotopic (exact) mass is 368 g/mol. The molecule has 1 rings (SSSR count). The highest BCUT2D eigenvalue weighted by Gasteiger charge is 2.23. The molecular formula is C17H25ClN4O3. The Kier molecular flexibility index (Phi) is 7.38. The summed E-state index contributed by atoms with van der Waals surface area (Å²) in [6.45, 7) is 7.04. The number of carbonyl (C=O) groups is 3. The fraction of sp³-hybridized carbons (Fsp3) is 0.471. The number of hydrogen-bond acceptors (Lipinski definition) is 4. The molecule has 7 nitrogen and oxygen atoms in total. The second kappa shape index (κ2) is 8.82. The molecule has 1 aromatic carbocycles. The van der Waals surface area contributed by atoms with Gasteiger partial charge in [0.2, 0.25) is 11.8 Å². The van der Waals surface area contributed by atoms with Crippen LogP contribution in [0.15, 0.2) is 24.3 Å². The maximum atomic E-state index is 12.1. The molecule has 0 saturated heterocycles. The van der Waals surface area contributed by atoms with Crippen LogP contribution in [0, 0.1) is 0 Å². The number of rotatable bonds is 5. The van der Waals surface area contributed by atoms with Crippen molar-refractivity contribution in [2.24, 2.45) is 0 Å². The highest BCUT2D eigenvalue weighted by atomic mass is 35.5. The molecule has 0 aromatic heterocycles. The first-order valence-electron chi connectivity index (χ1n) is 7.86. The number of amides is 4. The van der Waals surface area contributed by atoms with Crippen molar-refractivity contribution in [3.8, 4) is 0 Å². The van der Waals surface area contributed by atoms with Crippen LogP contribution in [0.5, 0.6) is 0 Å². The third kappa shape index (κ3) is 8.00. The minimum absolute atomic E-state index is 0.0119. The first kappa shape index (κ1) is 20.9. The van der Waals surface area contributed by atoms with Gasteiger partial charge in [-0.3, -0.25) is 19.8 Å². The Morgan fingerprint density at radius 3 is 2.44 bits per heavy atom. The van der Waals surface area contributed by atoms with Gasteiger partial charge in [-0.05, 0) is 52.9 Å². The smallest absolute Gasteiger partial charge is 0.321 e. The summed E-state index contributed by atoms with van der Waals surface area (Å²) in [5, 5.41) is 8.13. The van der Waals surface area contributed by atoms with E-state index in [1.54, 1.807) is 43.1 Å². The zero-order chi connectivity index (χ0) is 19.2. The van der Waals surface area contributed by atoms with E-state index >= 15 is 0 Å². The van der Waals surface area contributed by atoms with E-state index in [0.29, 0.717) is 10.7 Å². The van der Waals surface area contributed by atoms with Crippen molar-refractivity contribution in [1.82, 2.24) is 15.5 Å². The lowest BCUT2D eigenvalue weighted by Gasteiger charge is -2.25. The van der Waals surface area contributed by atoms with Gasteiger partial charge in [-0.15, -0.1) is 0 Å².